The van der Waals surface area contributed by atoms with E-state index in [0.717, 1.165) is 24.2 Å². The minimum Gasteiger partial charge on any atom is -0.490 e. The van der Waals surface area contributed by atoms with Crippen molar-refractivity contribution in [3.8, 4) is 5.75 Å². The first-order valence-corrected chi connectivity index (χ1v) is 11.4. The number of benzene rings is 2. The van der Waals surface area contributed by atoms with Crippen LogP contribution in [0.25, 0.3) is 0 Å². The second-order valence-electron chi connectivity index (χ2n) is 7.55. The van der Waals surface area contributed by atoms with Crippen molar-refractivity contribution in [1.29, 1.82) is 0 Å². The highest BCUT2D eigenvalue weighted by molar-refractivity contribution is 7.14. The number of thiazole rings is 1. The summed E-state index contributed by atoms with van der Waals surface area (Å²) in [5, 5.41) is 7.99. The van der Waals surface area contributed by atoms with E-state index in [1.165, 1.54) is 24.2 Å². The highest BCUT2D eigenvalue weighted by Crippen LogP contribution is 2.26. The van der Waals surface area contributed by atoms with Gasteiger partial charge in [0.2, 0.25) is 5.91 Å². The zero-order chi connectivity index (χ0) is 21.5. The van der Waals surface area contributed by atoms with Crippen LogP contribution >= 0.6 is 11.3 Å². The second kappa shape index (κ2) is 10.2. The Balaban J connectivity index is 1.28. The molecule has 2 N–H and O–H groups in total. The Kier molecular flexibility index (Phi) is 6.94. The Morgan fingerprint density at radius 1 is 1.03 bits per heavy atom. The number of carbonyl (C=O) groups excluding carboxylic acids is 2. The van der Waals surface area contributed by atoms with Crippen molar-refractivity contribution < 1.29 is 14.3 Å². The number of hydrogen-bond donors (Lipinski definition) is 2. The van der Waals surface area contributed by atoms with Crippen molar-refractivity contribution in [1.82, 2.24) is 10.3 Å². The molecule has 2 amide bonds. The maximum absolute atomic E-state index is 12.4. The van der Waals surface area contributed by atoms with Gasteiger partial charge in [0.15, 0.2) is 5.13 Å². The SMILES string of the molecule is O=C(Cc1csc(NC(=O)c2ccccc2)n1)NCc1ccccc1OC1CCCC1. The summed E-state index contributed by atoms with van der Waals surface area (Å²) in [5.74, 6) is 0.501. The maximum atomic E-state index is 12.4. The number of para-hydroxylation sites is 1. The molecular formula is C24H25N3O3S. The van der Waals surface area contributed by atoms with Gasteiger partial charge in [-0.2, -0.15) is 0 Å². The molecule has 6 nitrogen and oxygen atoms in total. The van der Waals surface area contributed by atoms with E-state index in [9.17, 15) is 9.59 Å². The molecule has 1 fully saturated rings. The Labute approximate surface area is 185 Å². The summed E-state index contributed by atoms with van der Waals surface area (Å²) in [5.41, 5.74) is 2.16. The van der Waals surface area contributed by atoms with Crippen LogP contribution in [0.15, 0.2) is 60.0 Å². The van der Waals surface area contributed by atoms with Gasteiger partial charge in [-0.05, 0) is 43.9 Å². The van der Waals surface area contributed by atoms with Crippen LogP contribution in [0.3, 0.4) is 0 Å². The van der Waals surface area contributed by atoms with E-state index in [2.05, 4.69) is 15.6 Å². The minimum atomic E-state index is -0.218. The van der Waals surface area contributed by atoms with Crippen LogP contribution in [-0.4, -0.2) is 22.9 Å². The number of rotatable bonds is 8. The molecule has 0 aliphatic heterocycles. The van der Waals surface area contributed by atoms with Crippen LogP contribution < -0.4 is 15.4 Å². The number of ether oxygens (including phenoxy) is 1. The van der Waals surface area contributed by atoms with Crippen LogP contribution in [0.4, 0.5) is 5.13 Å². The molecule has 0 atom stereocenters. The fraction of sp³-hybridized carbons (Fsp3) is 0.292. The Bertz CT molecular complexity index is 1030. The van der Waals surface area contributed by atoms with Crippen molar-refractivity contribution in [3.05, 3.63) is 76.8 Å². The first-order chi connectivity index (χ1) is 15.2. The van der Waals surface area contributed by atoms with Crippen molar-refractivity contribution in [2.45, 2.75) is 44.8 Å². The van der Waals surface area contributed by atoms with E-state index in [1.807, 2.05) is 42.5 Å². The molecule has 31 heavy (non-hydrogen) atoms. The molecule has 1 aliphatic rings. The maximum Gasteiger partial charge on any atom is 0.257 e. The van der Waals surface area contributed by atoms with Gasteiger partial charge in [0.25, 0.3) is 5.91 Å². The topological polar surface area (TPSA) is 80.3 Å². The lowest BCUT2D eigenvalue weighted by molar-refractivity contribution is -0.120. The molecule has 1 heterocycles. The van der Waals surface area contributed by atoms with Gasteiger partial charge < -0.3 is 10.1 Å². The molecule has 0 unspecified atom stereocenters. The first-order valence-electron chi connectivity index (χ1n) is 10.5. The van der Waals surface area contributed by atoms with E-state index in [4.69, 9.17) is 4.74 Å². The summed E-state index contributed by atoms with van der Waals surface area (Å²) in [7, 11) is 0. The Morgan fingerprint density at radius 3 is 2.58 bits per heavy atom. The fourth-order valence-corrected chi connectivity index (χ4v) is 4.28. The van der Waals surface area contributed by atoms with E-state index in [1.54, 1.807) is 17.5 Å². The largest absolute Gasteiger partial charge is 0.490 e. The quantitative estimate of drug-likeness (QED) is 0.543. The monoisotopic (exact) mass is 435 g/mol. The fourth-order valence-electron chi connectivity index (χ4n) is 3.58. The molecule has 0 spiro atoms. The lowest BCUT2D eigenvalue weighted by Crippen LogP contribution is -2.25. The number of hydrogen-bond acceptors (Lipinski definition) is 5. The lowest BCUT2D eigenvalue weighted by Gasteiger charge is -2.16. The van der Waals surface area contributed by atoms with Gasteiger partial charge in [-0.3, -0.25) is 14.9 Å². The van der Waals surface area contributed by atoms with E-state index >= 15 is 0 Å². The molecular weight excluding hydrogens is 410 g/mol. The highest BCUT2D eigenvalue weighted by atomic mass is 32.1. The second-order valence-corrected chi connectivity index (χ2v) is 8.41. The normalized spacial score (nSPS) is 13.7. The van der Waals surface area contributed by atoms with Crippen LogP contribution in [0, 0.1) is 0 Å². The lowest BCUT2D eigenvalue weighted by atomic mass is 10.2. The van der Waals surface area contributed by atoms with Crippen molar-refractivity contribution in [2.24, 2.45) is 0 Å². The Hall–Kier alpha value is -3.19. The van der Waals surface area contributed by atoms with Gasteiger partial charge in [-0.1, -0.05) is 36.4 Å². The Morgan fingerprint density at radius 2 is 1.77 bits per heavy atom. The zero-order valence-corrected chi connectivity index (χ0v) is 18.0. The van der Waals surface area contributed by atoms with Gasteiger partial charge in [-0.15, -0.1) is 11.3 Å². The summed E-state index contributed by atoms with van der Waals surface area (Å²) in [6.45, 7) is 0.406. The summed E-state index contributed by atoms with van der Waals surface area (Å²) in [6, 6.07) is 16.8. The molecule has 3 aromatic rings. The number of aromatic nitrogens is 1. The van der Waals surface area contributed by atoms with Gasteiger partial charge in [0.05, 0.1) is 18.2 Å². The molecule has 1 saturated carbocycles. The van der Waals surface area contributed by atoms with E-state index in [-0.39, 0.29) is 24.3 Å². The summed E-state index contributed by atoms with van der Waals surface area (Å²) in [6.07, 6.45) is 5.04. The number of carbonyl (C=O) groups is 2. The zero-order valence-electron chi connectivity index (χ0n) is 17.2. The molecule has 2 aromatic carbocycles. The van der Waals surface area contributed by atoms with Crippen LogP contribution in [0.5, 0.6) is 5.75 Å². The predicted octanol–water partition coefficient (Wildman–Crippen LogP) is 4.58. The molecule has 1 aromatic heterocycles. The molecule has 160 valence electrons. The third kappa shape index (κ3) is 5.92. The minimum absolute atomic E-state index is 0.123. The molecule has 1 aliphatic carbocycles. The third-order valence-corrected chi connectivity index (χ3v) is 6.00. The highest BCUT2D eigenvalue weighted by Gasteiger charge is 2.18. The van der Waals surface area contributed by atoms with Crippen molar-refractivity contribution >= 4 is 28.3 Å². The average molecular weight is 436 g/mol. The number of nitrogens with zero attached hydrogens (tertiary/aromatic N) is 1. The molecule has 0 bridgehead atoms. The van der Waals surface area contributed by atoms with Crippen LogP contribution in [0.2, 0.25) is 0 Å². The van der Waals surface area contributed by atoms with Crippen LogP contribution in [0.1, 0.15) is 47.3 Å². The average Bonchev–Trinajstić information content (AvgIpc) is 3.46. The summed E-state index contributed by atoms with van der Waals surface area (Å²) >= 11 is 1.31. The van der Waals surface area contributed by atoms with Gasteiger partial charge >= 0.3 is 0 Å². The molecule has 7 heteroatoms. The van der Waals surface area contributed by atoms with Gasteiger partial charge in [0.1, 0.15) is 5.75 Å². The van der Waals surface area contributed by atoms with Crippen LogP contribution in [-0.2, 0) is 17.8 Å². The standard InChI is InChI=1S/C24H25N3O3S/c28-22(25-15-18-10-4-7-13-21(18)30-20-11-5-6-12-20)14-19-16-31-24(26-19)27-23(29)17-8-2-1-3-9-17/h1-4,7-10,13,16,20H,5-6,11-12,14-15H2,(H,25,28)(H,26,27,29). The number of anilines is 1. The third-order valence-electron chi connectivity index (χ3n) is 5.19. The number of nitrogens with one attached hydrogen (secondary N) is 2. The summed E-state index contributed by atoms with van der Waals surface area (Å²) in [4.78, 5) is 29.0. The summed E-state index contributed by atoms with van der Waals surface area (Å²) < 4.78 is 6.13. The predicted molar refractivity (Wildman–Crippen MR) is 121 cm³/mol. The molecule has 4 rings (SSSR count). The smallest absolute Gasteiger partial charge is 0.257 e. The van der Waals surface area contributed by atoms with Crippen molar-refractivity contribution in [3.63, 3.8) is 0 Å². The van der Waals surface area contributed by atoms with Gasteiger partial charge in [0, 0.05) is 23.1 Å². The van der Waals surface area contributed by atoms with Gasteiger partial charge in [-0.25, -0.2) is 4.98 Å². The molecule has 0 radical (unpaired) electrons. The van der Waals surface area contributed by atoms with E-state index < -0.39 is 0 Å². The van der Waals surface area contributed by atoms with E-state index in [0.29, 0.717) is 22.9 Å². The molecule has 0 saturated heterocycles. The first kappa shape index (κ1) is 21.1. The van der Waals surface area contributed by atoms with Crippen molar-refractivity contribution in [2.75, 3.05) is 5.32 Å². The number of amides is 2.